The number of amides is 3. The maximum atomic E-state index is 12.5. The minimum atomic E-state index is -0.587. The summed E-state index contributed by atoms with van der Waals surface area (Å²) < 4.78 is 5.68. The first kappa shape index (κ1) is 16.4. The minimum Gasteiger partial charge on any atom is -0.494 e. The Morgan fingerprint density at radius 1 is 1.25 bits per heavy atom. The fourth-order valence-corrected chi connectivity index (χ4v) is 3.08. The van der Waals surface area contributed by atoms with Crippen LogP contribution in [0.1, 0.15) is 41.6 Å². The molecular formula is C17H21N3O4. The van der Waals surface area contributed by atoms with E-state index < -0.39 is 11.9 Å². The second-order valence-corrected chi connectivity index (χ2v) is 6.06. The number of fused-ring (bicyclic) bond motifs is 1. The molecular weight excluding hydrogens is 310 g/mol. The molecule has 3 N–H and O–H groups in total. The smallest absolute Gasteiger partial charge is 0.255 e. The predicted molar refractivity (Wildman–Crippen MR) is 86.3 cm³/mol. The van der Waals surface area contributed by atoms with E-state index >= 15 is 0 Å². The van der Waals surface area contributed by atoms with Crippen molar-refractivity contribution in [2.45, 2.75) is 38.3 Å². The van der Waals surface area contributed by atoms with Crippen LogP contribution in [0.4, 0.5) is 0 Å². The van der Waals surface area contributed by atoms with Crippen molar-refractivity contribution < 1.29 is 19.1 Å². The maximum Gasteiger partial charge on any atom is 0.255 e. The molecule has 0 unspecified atom stereocenters. The summed E-state index contributed by atoms with van der Waals surface area (Å²) in [6.45, 7) is 1.59. The van der Waals surface area contributed by atoms with Crippen LogP contribution >= 0.6 is 0 Å². The number of unbranched alkanes of at least 4 members (excludes halogenated alkanes) is 1. The van der Waals surface area contributed by atoms with E-state index in [1.165, 1.54) is 4.90 Å². The molecule has 0 spiro atoms. The Bertz CT molecular complexity index is 674. The largest absolute Gasteiger partial charge is 0.494 e. The van der Waals surface area contributed by atoms with E-state index in [-0.39, 0.29) is 18.2 Å². The SMILES string of the molecule is NCCCCOc1ccc2c(c1)CN([C@H]1CCC(=O)NC1=O)C2=O. The van der Waals surface area contributed by atoms with Crippen molar-refractivity contribution in [3.05, 3.63) is 29.3 Å². The Kier molecular flexibility index (Phi) is 4.80. The molecule has 1 saturated heterocycles. The minimum absolute atomic E-state index is 0.172. The number of benzene rings is 1. The third kappa shape index (κ3) is 3.26. The zero-order chi connectivity index (χ0) is 17.1. The second kappa shape index (κ2) is 7.00. The molecule has 1 fully saturated rings. The van der Waals surface area contributed by atoms with Crippen molar-refractivity contribution in [2.24, 2.45) is 5.73 Å². The predicted octanol–water partition coefficient (Wildman–Crippen LogP) is 0.565. The van der Waals surface area contributed by atoms with Crippen LogP contribution in [0.2, 0.25) is 0 Å². The highest BCUT2D eigenvalue weighted by Crippen LogP contribution is 2.30. The molecule has 2 aliphatic heterocycles. The van der Waals surface area contributed by atoms with Gasteiger partial charge in [-0.25, -0.2) is 0 Å². The van der Waals surface area contributed by atoms with Crippen LogP contribution in [0.15, 0.2) is 18.2 Å². The van der Waals surface area contributed by atoms with Gasteiger partial charge in [-0.2, -0.15) is 0 Å². The fraction of sp³-hybridized carbons (Fsp3) is 0.471. The highest BCUT2D eigenvalue weighted by Gasteiger charge is 2.39. The molecule has 1 aromatic carbocycles. The van der Waals surface area contributed by atoms with E-state index in [0.717, 1.165) is 18.4 Å². The number of nitrogens with zero attached hydrogens (tertiary/aromatic N) is 1. The first-order valence-corrected chi connectivity index (χ1v) is 8.20. The quantitative estimate of drug-likeness (QED) is 0.586. The number of nitrogens with two attached hydrogens (primary N) is 1. The number of hydrogen-bond donors (Lipinski definition) is 2. The second-order valence-electron chi connectivity index (χ2n) is 6.06. The van der Waals surface area contributed by atoms with Gasteiger partial charge in [-0.05, 0) is 49.6 Å². The van der Waals surface area contributed by atoms with Crippen LogP contribution in [-0.2, 0) is 16.1 Å². The van der Waals surface area contributed by atoms with E-state index in [0.29, 0.717) is 37.4 Å². The summed E-state index contributed by atoms with van der Waals surface area (Å²) in [5, 5.41) is 2.30. The number of ether oxygens (including phenoxy) is 1. The van der Waals surface area contributed by atoms with Crippen LogP contribution in [0.25, 0.3) is 0 Å². The van der Waals surface area contributed by atoms with Crippen molar-refractivity contribution in [3.8, 4) is 5.75 Å². The van der Waals surface area contributed by atoms with Crippen molar-refractivity contribution in [3.63, 3.8) is 0 Å². The lowest BCUT2D eigenvalue weighted by atomic mass is 10.0. The molecule has 2 aliphatic rings. The van der Waals surface area contributed by atoms with Gasteiger partial charge in [-0.15, -0.1) is 0 Å². The monoisotopic (exact) mass is 331 g/mol. The molecule has 0 aromatic heterocycles. The molecule has 2 heterocycles. The average molecular weight is 331 g/mol. The van der Waals surface area contributed by atoms with Crippen LogP contribution in [0.5, 0.6) is 5.75 Å². The first-order chi connectivity index (χ1) is 11.6. The van der Waals surface area contributed by atoms with E-state index in [9.17, 15) is 14.4 Å². The average Bonchev–Trinajstić information content (AvgIpc) is 2.88. The molecule has 7 heteroatoms. The Balaban J connectivity index is 1.68. The summed E-state index contributed by atoms with van der Waals surface area (Å²) in [5.41, 5.74) is 6.89. The number of hydrogen-bond acceptors (Lipinski definition) is 5. The Morgan fingerprint density at radius 2 is 2.08 bits per heavy atom. The number of carbonyl (C=O) groups is 3. The molecule has 24 heavy (non-hydrogen) atoms. The van der Waals surface area contributed by atoms with Gasteiger partial charge in [0.1, 0.15) is 11.8 Å². The van der Waals surface area contributed by atoms with Gasteiger partial charge in [0.25, 0.3) is 5.91 Å². The van der Waals surface area contributed by atoms with Crippen LogP contribution in [-0.4, -0.2) is 41.8 Å². The van der Waals surface area contributed by atoms with E-state index in [4.69, 9.17) is 10.5 Å². The number of carbonyl (C=O) groups excluding carboxylic acids is 3. The summed E-state index contributed by atoms with van der Waals surface area (Å²) in [4.78, 5) is 37.3. The third-order valence-corrected chi connectivity index (χ3v) is 4.36. The number of piperidine rings is 1. The molecule has 3 amide bonds. The number of rotatable bonds is 6. The lowest BCUT2D eigenvalue weighted by Crippen LogP contribution is -2.52. The number of imide groups is 1. The summed E-state index contributed by atoms with van der Waals surface area (Å²) >= 11 is 0. The molecule has 128 valence electrons. The lowest BCUT2D eigenvalue weighted by molar-refractivity contribution is -0.136. The number of nitrogens with one attached hydrogen (secondary N) is 1. The summed E-state index contributed by atoms with van der Waals surface area (Å²) in [6, 6.07) is 4.77. The van der Waals surface area contributed by atoms with E-state index in [1.807, 2.05) is 6.07 Å². The Hall–Kier alpha value is -2.41. The normalized spacial score (nSPS) is 20.1. The van der Waals surface area contributed by atoms with Gasteiger partial charge < -0.3 is 15.4 Å². The van der Waals surface area contributed by atoms with Crippen molar-refractivity contribution in [1.29, 1.82) is 0 Å². The van der Waals surface area contributed by atoms with Crippen LogP contribution in [0.3, 0.4) is 0 Å². The standard InChI is InChI=1S/C17H21N3O4/c18-7-1-2-8-24-12-3-4-13-11(9-12)10-20(17(13)23)14-5-6-15(21)19-16(14)22/h3-4,9,14H,1-2,5-8,10,18H2,(H,19,21,22)/t14-/m0/s1. The van der Waals surface area contributed by atoms with Gasteiger partial charge in [0.05, 0.1) is 6.61 Å². The highest BCUT2D eigenvalue weighted by molar-refractivity contribution is 6.05. The highest BCUT2D eigenvalue weighted by atomic mass is 16.5. The molecule has 0 radical (unpaired) electrons. The molecule has 3 rings (SSSR count). The summed E-state index contributed by atoms with van der Waals surface area (Å²) in [6.07, 6.45) is 2.42. The van der Waals surface area contributed by atoms with Gasteiger partial charge in [0.2, 0.25) is 11.8 Å². The summed E-state index contributed by atoms with van der Waals surface area (Å²) in [7, 11) is 0. The van der Waals surface area contributed by atoms with E-state index in [2.05, 4.69) is 5.32 Å². The first-order valence-electron chi connectivity index (χ1n) is 8.20. The zero-order valence-corrected chi connectivity index (χ0v) is 13.4. The third-order valence-electron chi connectivity index (χ3n) is 4.36. The summed E-state index contributed by atoms with van der Waals surface area (Å²) in [5.74, 6) is -0.142. The molecule has 1 aromatic rings. The van der Waals surface area contributed by atoms with Gasteiger partial charge in [-0.3, -0.25) is 19.7 Å². The maximum absolute atomic E-state index is 12.5. The van der Waals surface area contributed by atoms with Gasteiger partial charge in [-0.1, -0.05) is 0 Å². The van der Waals surface area contributed by atoms with Gasteiger partial charge in [0.15, 0.2) is 0 Å². The van der Waals surface area contributed by atoms with Crippen molar-refractivity contribution in [2.75, 3.05) is 13.2 Å². The van der Waals surface area contributed by atoms with Gasteiger partial charge in [0, 0.05) is 18.5 Å². The molecule has 0 bridgehead atoms. The van der Waals surface area contributed by atoms with Gasteiger partial charge >= 0.3 is 0 Å². The lowest BCUT2D eigenvalue weighted by Gasteiger charge is -2.29. The van der Waals surface area contributed by atoms with Crippen LogP contribution in [0, 0.1) is 0 Å². The Morgan fingerprint density at radius 3 is 2.83 bits per heavy atom. The molecule has 7 nitrogen and oxygen atoms in total. The molecule has 1 atom stereocenters. The zero-order valence-electron chi connectivity index (χ0n) is 13.4. The Labute approximate surface area is 140 Å². The van der Waals surface area contributed by atoms with E-state index in [1.54, 1.807) is 12.1 Å². The van der Waals surface area contributed by atoms with Crippen molar-refractivity contribution in [1.82, 2.24) is 10.2 Å². The molecule has 0 saturated carbocycles. The topological polar surface area (TPSA) is 102 Å². The molecule has 0 aliphatic carbocycles. The van der Waals surface area contributed by atoms with Crippen molar-refractivity contribution >= 4 is 17.7 Å². The van der Waals surface area contributed by atoms with Crippen LogP contribution < -0.4 is 15.8 Å². The fourth-order valence-electron chi connectivity index (χ4n) is 3.08.